The fraction of sp³-hybridized carbons (Fsp3) is 0.0588. The summed E-state index contributed by atoms with van der Waals surface area (Å²) in [6.07, 6.45) is 0. The van der Waals surface area contributed by atoms with Crippen LogP contribution in [0.25, 0.3) is 34.3 Å². The Bertz CT molecular complexity index is 992. The first-order valence-corrected chi connectivity index (χ1v) is 7.58. The Hall–Kier alpha value is -2.99. The molecule has 4 rings (SSSR count). The molecule has 2 aromatic heterocycles. The summed E-state index contributed by atoms with van der Waals surface area (Å²) in [6.45, 7) is 1.77. The van der Waals surface area contributed by atoms with E-state index in [1.807, 2.05) is 42.5 Å². The normalized spacial score (nSPS) is 10.9. The molecule has 0 radical (unpaired) electrons. The van der Waals surface area contributed by atoms with E-state index >= 15 is 0 Å². The number of rotatable bonds is 3. The monoisotopic (exact) mass is 338 g/mol. The predicted molar refractivity (Wildman–Crippen MR) is 88.2 cm³/mol. The average molecular weight is 339 g/mol. The number of aromatic nitrogens is 4. The smallest absolute Gasteiger partial charge is 0.259 e. The maximum absolute atomic E-state index is 6.15. The standard InChI is InChI=1S/C17H11ClN4O2/c1-10-19-16(23-21-10)12-8-6-11(7-9-12)15-20-17(24-22-15)13-4-2-3-5-14(13)18/h2-9H,1H3. The van der Waals surface area contributed by atoms with Gasteiger partial charge in [0.25, 0.3) is 11.8 Å². The molecule has 24 heavy (non-hydrogen) atoms. The van der Waals surface area contributed by atoms with Gasteiger partial charge in [-0.1, -0.05) is 46.2 Å². The van der Waals surface area contributed by atoms with Crippen molar-refractivity contribution in [3.05, 3.63) is 59.4 Å². The molecule has 7 heteroatoms. The Kier molecular flexibility index (Phi) is 3.59. The van der Waals surface area contributed by atoms with E-state index in [4.69, 9.17) is 20.6 Å². The SMILES string of the molecule is Cc1noc(-c2ccc(-c3noc(-c4ccccc4Cl)n3)cc2)n1. The van der Waals surface area contributed by atoms with E-state index in [0.29, 0.717) is 34.0 Å². The molecule has 0 unspecified atom stereocenters. The molecule has 118 valence electrons. The fourth-order valence-electron chi connectivity index (χ4n) is 2.26. The third-order valence-electron chi connectivity index (χ3n) is 3.45. The van der Waals surface area contributed by atoms with Gasteiger partial charge in [-0.15, -0.1) is 0 Å². The second kappa shape index (κ2) is 5.90. The van der Waals surface area contributed by atoms with Gasteiger partial charge in [0.05, 0.1) is 10.6 Å². The maximum Gasteiger partial charge on any atom is 0.259 e. The molecule has 0 aliphatic heterocycles. The van der Waals surface area contributed by atoms with Crippen LogP contribution in [-0.4, -0.2) is 20.3 Å². The van der Waals surface area contributed by atoms with Crippen LogP contribution in [0.3, 0.4) is 0 Å². The molecule has 0 amide bonds. The van der Waals surface area contributed by atoms with Gasteiger partial charge in [-0.3, -0.25) is 0 Å². The molecule has 2 aromatic carbocycles. The van der Waals surface area contributed by atoms with Gasteiger partial charge in [0.15, 0.2) is 5.82 Å². The van der Waals surface area contributed by atoms with Gasteiger partial charge in [0, 0.05) is 11.1 Å². The quantitative estimate of drug-likeness (QED) is 0.550. The lowest BCUT2D eigenvalue weighted by Crippen LogP contribution is -1.83. The first kappa shape index (κ1) is 14.6. The number of benzene rings is 2. The van der Waals surface area contributed by atoms with Crippen LogP contribution in [0.15, 0.2) is 57.6 Å². The van der Waals surface area contributed by atoms with E-state index in [0.717, 1.165) is 11.1 Å². The molecule has 0 fully saturated rings. The summed E-state index contributed by atoms with van der Waals surface area (Å²) in [5, 5.41) is 8.36. The highest BCUT2D eigenvalue weighted by molar-refractivity contribution is 6.33. The summed E-state index contributed by atoms with van der Waals surface area (Å²) < 4.78 is 10.5. The minimum atomic E-state index is 0.382. The molecule has 0 saturated heterocycles. The van der Waals surface area contributed by atoms with Crippen LogP contribution in [0.1, 0.15) is 5.82 Å². The third-order valence-corrected chi connectivity index (χ3v) is 3.78. The summed E-state index contributed by atoms with van der Waals surface area (Å²) in [5.74, 6) is 1.94. The van der Waals surface area contributed by atoms with Crippen molar-refractivity contribution in [2.75, 3.05) is 0 Å². The van der Waals surface area contributed by atoms with Crippen molar-refractivity contribution >= 4 is 11.6 Å². The zero-order chi connectivity index (χ0) is 16.5. The summed E-state index contributed by atoms with van der Waals surface area (Å²) in [6, 6.07) is 14.8. The van der Waals surface area contributed by atoms with E-state index in [9.17, 15) is 0 Å². The summed E-state index contributed by atoms with van der Waals surface area (Å²) >= 11 is 6.15. The van der Waals surface area contributed by atoms with Crippen LogP contribution in [0, 0.1) is 6.92 Å². The van der Waals surface area contributed by atoms with E-state index in [-0.39, 0.29) is 0 Å². The van der Waals surface area contributed by atoms with E-state index in [1.54, 1.807) is 13.0 Å². The number of hydrogen-bond donors (Lipinski definition) is 0. The minimum Gasteiger partial charge on any atom is -0.334 e. The highest BCUT2D eigenvalue weighted by atomic mass is 35.5. The van der Waals surface area contributed by atoms with Crippen LogP contribution < -0.4 is 0 Å². The Labute approximate surface area is 142 Å². The molecule has 4 aromatic rings. The van der Waals surface area contributed by atoms with Gasteiger partial charge in [-0.25, -0.2) is 0 Å². The highest BCUT2D eigenvalue weighted by Crippen LogP contribution is 2.28. The van der Waals surface area contributed by atoms with Crippen molar-refractivity contribution < 1.29 is 9.05 Å². The van der Waals surface area contributed by atoms with Gasteiger partial charge < -0.3 is 9.05 Å². The molecular formula is C17H11ClN4O2. The van der Waals surface area contributed by atoms with Crippen LogP contribution in [0.5, 0.6) is 0 Å². The number of nitrogens with zero attached hydrogens (tertiary/aromatic N) is 4. The molecule has 6 nitrogen and oxygen atoms in total. The van der Waals surface area contributed by atoms with Gasteiger partial charge in [-0.2, -0.15) is 9.97 Å². The fourth-order valence-corrected chi connectivity index (χ4v) is 2.48. The molecular weight excluding hydrogens is 328 g/mol. The van der Waals surface area contributed by atoms with E-state index in [2.05, 4.69) is 20.3 Å². The summed E-state index contributed by atoms with van der Waals surface area (Å²) in [4.78, 5) is 8.60. The zero-order valence-corrected chi connectivity index (χ0v) is 13.4. The average Bonchev–Trinajstić information content (AvgIpc) is 3.25. The van der Waals surface area contributed by atoms with Crippen LogP contribution >= 0.6 is 11.6 Å². The second-order valence-corrected chi connectivity index (χ2v) is 5.53. The Morgan fingerprint density at radius 3 is 2.21 bits per heavy atom. The van der Waals surface area contributed by atoms with Gasteiger partial charge in [-0.05, 0) is 31.2 Å². The van der Waals surface area contributed by atoms with Crippen molar-refractivity contribution in [3.63, 3.8) is 0 Å². The van der Waals surface area contributed by atoms with Crippen molar-refractivity contribution in [1.82, 2.24) is 20.3 Å². The Morgan fingerprint density at radius 1 is 0.792 bits per heavy atom. The van der Waals surface area contributed by atoms with Gasteiger partial charge >= 0.3 is 0 Å². The molecule has 2 heterocycles. The lowest BCUT2D eigenvalue weighted by molar-refractivity contribution is 0.425. The number of hydrogen-bond acceptors (Lipinski definition) is 6. The van der Waals surface area contributed by atoms with E-state index < -0.39 is 0 Å². The van der Waals surface area contributed by atoms with Crippen LogP contribution in [0.2, 0.25) is 5.02 Å². The van der Waals surface area contributed by atoms with Crippen molar-refractivity contribution in [2.24, 2.45) is 0 Å². The largest absolute Gasteiger partial charge is 0.334 e. The molecule has 0 saturated carbocycles. The van der Waals surface area contributed by atoms with Gasteiger partial charge in [0.2, 0.25) is 5.82 Å². The first-order valence-electron chi connectivity index (χ1n) is 7.20. The Morgan fingerprint density at radius 2 is 1.50 bits per heavy atom. The van der Waals surface area contributed by atoms with Crippen molar-refractivity contribution in [1.29, 1.82) is 0 Å². The molecule has 0 atom stereocenters. The van der Waals surface area contributed by atoms with Crippen LogP contribution in [-0.2, 0) is 0 Å². The lowest BCUT2D eigenvalue weighted by atomic mass is 10.1. The number of aryl methyl sites for hydroxylation is 1. The zero-order valence-electron chi connectivity index (χ0n) is 12.6. The lowest BCUT2D eigenvalue weighted by Gasteiger charge is -1.97. The summed E-state index contributed by atoms with van der Waals surface area (Å²) in [7, 11) is 0. The number of halogens is 1. The Balaban J connectivity index is 1.64. The maximum atomic E-state index is 6.15. The molecule has 0 aliphatic rings. The summed E-state index contributed by atoms with van der Waals surface area (Å²) in [5.41, 5.74) is 2.35. The first-order chi connectivity index (χ1) is 11.7. The predicted octanol–water partition coefficient (Wildman–Crippen LogP) is 4.42. The highest BCUT2D eigenvalue weighted by Gasteiger charge is 2.13. The minimum absolute atomic E-state index is 0.382. The van der Waals surface area contributed by atoms with E-state index in [1.165, 1.54) is 0 Å². The molecule has 0 aliphatic carbocycles. The van der Waals surface area contributed by atoms with Gasteiger partial charge in [0.1, 0.15) is 0 Å². The molecule has 0 N–H and O–H groups in total. The van der Waals surface area contributed by atoms with Crippen molar-refractivity contribution in [3.8, 4) is 34.3 Å². The second-order valence-electron chi connectivity index (χ2n) is 5.13. The van der Waals surface area contributed by atoms with Crippen molar-refractivity contribution in [2.45, 2.75) is 6.92 Å². The van der Waals surface area contributed by atoms with Crippen LogP contribution in [0.4, 0.5) is 0 Å². The third kappa shape index (κ3) is 2.68. The topological polar surface area (TPSA) is 77.8 Å². The molecule has 0 spiro atoms. The molecule has 0 bridgehead atoms.